The van der Waals surface area contributed by atoms with Gasteiger partial charge in [-0.05, 0) is 48.6 Å². The SMILES string of the molecule is BN(C[C@@H](N)[C@H](Cc1ccccc1)NC(=O)C[C@H]1CO[C@H]2OCC[C@@H]12)S(=O)(=O)c1ccc(OC)cc1. The number of ether oxygens (including phenoxy) is 3. The number of nitrogens with two attached hydrogens (primary N) is 1. The maximum Gasteiger partial charge on any atom is 0.232 e. The Morgan fingerprint density at radius 1 is 1.19 bits per heavy atom. The zero-order valence-corrected chi connectivity index (χ0v) is 21.5. The van der Waals surface area contributed by atoms with E-state index in [1.54, 1.807) is 12.1 Å². The average molecular weight is 515 g/mol. The maximum absolute atomic E-state index is 13.1. The molecule has 2 aromatic rings. The molecule has 3 N–H and O–H groups in total. The molecule has 0 spiro atoms. The molecule has 0 radical (unpaired) electrons. The molecule has 1 amide bonds. The van der Waals surface area contributed by atoms with Crippen LogP contribution in [0.5, 0.6) is 5.75 Å². The van der Waals surface area contributed by atoms with Gasteiger partial charge < -0.3 is 25.3 Å². The van der Waals surface area contributed by atoms with E-state index < -0.39 is 22.1 Å². The van der Waals surface area contributed by atoms with E-state index in [1.165, 1.54) is 31.4 Å². The first-order valence-electron chi connectivity index (χ1n) is 12.2. The number of hydrogen-bond acceptors (Lipinski definition) is 7. The van der Waals surface area contributed by atoms with E-state index in [-0.39, 0.29) is 35.5 Å². The van der Waals surface area contributed by atoms with E-state index in [1.807, 2.05) is 30.3 Å². The first kappa shape index (κ1) is 26.6. The van der Waals surface area contributed by atoms with Crippen LogP contribution in [-0.2, 0) is 30.7 Å². The Kier molecular flexibility index (Phi) is 8.68. The summed E-state index contributed by atoms with van der Waals surface area (Å²) in [7, 11) is -0.748. The lowest BCUT2D eigenvalue weighted by atomic mass is 9.90. The van der Waals surface area contributed by atoms with Gasteiger partial charge in [0.05, 0.1) is 25.2 Å². The molecule has 2 saturated heterocycles. The highest BCUT2D eigenvalue weighted by molar-refractivity contribution is 7.90. The summed E-state index contributed by atoms with van der Waals surface area (Å²) in [6.07, 6.45) is 1.49. The van der Waals surface area contributed by atoms with Crippen molar-refractivity contribution in [2.24, 2.45) is 17.6 Å². The van der Waals surface area contributed by atoms with Gasteiger partial charge in [-0.25, -0.2) is 12.6 Å². The molecule has 4 rings (SSSR count). The van der Waals surface area contributed by atoms with Gasteiger partial charge >= 0.3 is 0 Å². The molecule has 2 heterocycles. The van der Waals surface area contributed by atoms with Crippen LogP contribution in [0.2, 0.25) is 0 Å². The van der Waals surface area contributed by atoms with Crippen LogP contribution >= 0.6 is 0 Å². The predicted octanol–water partition coefficient (Wildman–Crippen LogP) is 0.688. The molecule has 0 bridgehead atoms. The van der Waals surface area contributed by atoms with E-state index in [4.69, 9.17) is 19.9 Å². The van der Waals surface area contributed by atoms with E-state index in [9.17, 15) is 13.2 Å². The summed E-state index contributed by atoms with van der Waals surface area (Å²) >= 11 is 0. The van der Waals surface area contributed by atoms with E-state index in [0.717, 1.165) is 12.0 Å². The molecule has 9 nitrogen and oxygen atoms in total. The predicted molar refractivity (Wildman–Crippen MR) is 137 cm³/mol. The number of benzene rings is 2. The normalized spacial score (nSPS) is 23.2. The second-order valence-corrected chi connectivity index (χ2v) is 11.5. The van der Waals surface area contributed by atoms with Crippen molar-refractivity contribution in [3.63, 3.8) is 0 Å². The number of nitrogens with one attached hydrogen (secondary N) is 1. The number of methoxy groups -OCH3 is 1. The van der Waals surface area contributed by atoms with Gasteiger partial charge in [0.25, 0.3) is 0 Å². The topological polar surface area (TPSA) is 120 Å². The fraction of sp³-hybridized carbons (Fsp3) is 0.480. The lowest BCUT2D eigenvalue weighted by Gasteiger charge is -2.29. The third-order valence-corrected chi connectivity index (χ3v) is 8.85. The molecule has 0 saturated carbocycles. The third kappa shape index (κ3) is 6.27. The summed E-state index contributed by atoms with van der Waals surface area (Å²) in [6, 6.07) is 14.8. The molecule has 0 unspecified atom stereocenters. The lowest BCUT2D eigenvalue weighted by Crippen LogP contribution is -2.54. The van der Waals surface area contributed by atoms with Gasteiger partial charge in [-0.2, -0.15) is 0 Å². The number of fused-ring (bicyclic) bond motifs is 1. The first-order valence-corrected chi connectivity index (χ1v) is 13.6. The minimum Gasteiger partial charge on any atom is -0.497 e. The quantitative estimate of drug-likeness (QED) is 0.423. The minimum atomic E-state index is -3.77. The molecule has 2 aromatic carbocycles. The van der Waals surface area contributed by atoms with Gasteiger partial charge in [0.1, 0.15) is 5.75 Å². The van der Waals surface area contributed by atoms with Gasteiger partial charge in [-0.1, -0.05) is 30.3 Å². The molecule has 2 aliphatic heterocycles. The second-order valence-electron chi connectivity index (χ2n) is 9.48. The molecule has 2 fully saturated rings. The Labute approximate surface area is 213 Å². The van der Waals surface area contributed by atoms with E-state index in [2.05, 4.69) is 5.32 Å². The molecule has 194 valence electrons. The van der Waals surface area contributed by atoms with E-state index in [0.29, 0.717) is 31.8 Å². The summed E-state index contributed by atoms with van der Waals surface area (Å²) in [4.78, 5) is 13.2. The Hall–Kier alpha value is -2.44. The summed E-state index contributed by atoms with van der Waals surface area (Å²) in [5.74, 6) is 0.789. The fourth-order valence-corrected chi connectivity index (χ4v) is 6.10. The highest BCUT2D eigenvalue weighted by atomic mass is 32.2. The molecular weight excluding hydrogens is 481 g/mol. The van der Waals surface area contributed by atoms with Crippen molar-refractivity contribution >= 4 is 23.9 Å². The van der Waals surface area contributed by atoms with Crippen molar-refractivity contribution in [1.29, 1.82) is 0 Å². The lowest BCUT2D eigenvalue weighted by molar-refractivity contribution is -0.123. The zero-order chi connectivity index (χ0) is 25.7. The van der Waals surface area contributed by atoms with Gasteiger partial charge in [0.15, 0.2) is 6.29 Å². The van der Waals surface area contributed by atoms with Crippen molar-refractivity contribution in [1.82, 2.24) is 9.53 Å². The maximum atomic E-state index is 13.1. The molecule has 0 aliphatic carbocycles. The number of rotatable bonds is 11. The summed E-state index contributed by atoms with van der Waals surface area (Å²) in [5, 5.41) is 3.09. The van der Waals surface area contributed by atoms with Crippen LogP contribution in [0.3, 0.4) is 0 Å². The first-order chi connectivity index (χ1) is 17.3. The van der Waals surface area contributed by atoms with Crippen LogP contribution in [0.4, 0.5) is 0 Å². The smallest absolute Gasteiger partial charge is 0.232 e. The number of amides is 1. The van der Waals surface area contributed by atoms with Crippen LogP contribution in [0.15, 0.2) is 59.5 Å². The highest BCUT2D eigenvalue weighted by Gasteiger charge is 2.42. The van der Waals surface area contributed by atoms with Crippen molar-refractivity contribution in [3.05, 3.63) is 60.2 Å². The minimum absolute atomic E-state index is 0.0389. The Morgan fingerprint density at radius 3 is 2.61 bits per heavy atom. The van der Waals surface area contributed by atoms with Crippen LogP contribution in [-0.4, -0.2) is 71.8 Å². The van der Waals surface area contributed by atoms with Crippen molar-refractivity contribution < 1.29 is 27.4 Å². The molecule has 11 heteroatoms. The second kappa shape index (κ2) is 11.7. The van der Waals surface area contributed by atoms with Crippen LogP contribution in [0.25, 0.3) is 0 Å². The number of hydrogen-bond donors (Lipinski definition) is 2. The number of carbonyl (C=O) groups is 1. The number of carbonyl (C=O) groups excluding carboxylic acids is 1. The molecule has 5 atom stereocenters. The summed E-state index contributed by atoms with van der Waals surface area (Å²) in [6.45, 7) is 1.20. The molecule has 2 aliphatic rings. The van der Waals surface area contributed by atoms with Gasteiger partial charge in [-0.15, -0.1) is 0 Å². The van der Waals surface area contributed by atoms with Crippen LogP contribution in [0.1, 0.15) is 18.4 Å². The van der Waals surface area contributed by atoms with Crippen molar-refractivity contribution in [2.75, 3.05) is 26.9 Å². The molecular formula is C25H34BN3O6S. The molecule has 0 aromatic heterocycles. The summed E-state index contributed by atoms with van der Waals surface area (Å²) in [5.41, 5.74) is 7.55. The average Bonchev–Trinajstić information content (AvgIpc) is 3.49. The van der Waals surface area contributed by atoms with Gasteiger partial charge in [0.2, 0.25) is 23.9 Å². The Balaban J connectivity index is 1.43. The highest BCUT2D eigenvalue weighted by Crippen LogP contribution is 2.37. The number of nitrogens with zero attached hydrogens (tertiary/aromatic N) is 1. The van der Waals surface area contributed by atoms with Crippen molar-refractivity contribution in [2.45, 2.75) is 42.5 Å². The zero-order valence-electron chi connectivity index (χ0n) is 20.7. The third-order valence-electron chi connectivity index (χ3n) is 7.01. The van der Waals surface area contributed by atoms with Crippen LogP contribution < -0.4 is 15.8 Å². The number of sulfonamides is 1. The van der Waals surface area contributed by atoms with E-state index >= 15 is 0 Å². The van der Waals surface area contributed by atoms with Gasteiger partial charge in [0, 0.05) is 31.0 Å². The summed E-state index contributed by atoms with van der Waals surface area (Å²) < 4.78 is 43.8. The Bertz CT molecular complexity index is 1120. The van der Waals surface area contributed by atoms with Crippen LogP contribution in [0, 0.1) is 11.8 Å². The fourth-order valence-electron chi connectivity index (χ4n) is 4.89. The standard InChI is InChI=1S/C25H34BN3O6S/c1-33-19-7-9-20(10-8-19)36(31,32)29(26)15-22(27)23(13-17-5-3-2-4-6-17)28-24(30)14-18-16-35-25-21(18)11-12-34-25/h2-10,18,21-23,25H,11-16,26-27H2,1H3,(H,28,30)/t18-,21-,22+,23-,25+/m0/s1. The Morgan fingerprint density at radius 2 is 1.92 bits per heavy atom. The van der Waals surface area contributed by atoms with Crippen molar-refractivity contribution in [3.8, 4) is 5.75 Å². The largest absolute Gasteiger partial charge is 0.497 e. The van der Waals surface area contributed by atoms with Gasteiger partial charge in [-0.3, -0.25) is 4.79 Å². The molecule has 36 heavy (non-hydrogen) atoms. The monoisotopic (exact) mass is 515 g/mol.